The number of pyridine rings is 1. The fraction of sp³-hybridized carbons (Fsp3) is 0.100. The molecule has 4 aromatic rings. The van der Waals surface area contributed by atoms with Crippen LogP contribution in [0.4, 0.5) is 11.6 Å². The second kappa shape index (κ2) is 6.99. The summed E-state index contributed by atoms with van der Waals surface area (Å²) in [5, 5.41) is 9.96. The lowest BCUT2D eigenvalue weighted by atomic mass is 10.2. The van der Waals surface area contributed by atoms with Gasteiger partial charge in [-0.2, -0.15) is 0 Å². The van der Waals surface area contributed by atoms with Crippen LogP contribution in [-0.2, 0) is 0 Å². The molecule has 140 valence electrons. The molecule has 2 N–H and O–H groups in total. The quantitative estimate of drug-likeness (QED) is 0.550. The number of aromatic nitrogens is 4. The predicted molar refractivity (Wildman–Crippen MR) is 105 cm³/mol. The van der Waals surface area contributed by atoms with E-state index in [0.717, 1.165) is 16.8 Å². The molecule has 4 rings (SSSR count). The van der Waals surface area contributed by atoms with Gasteiger partial charge in [-0.25, -0.2) is 14.8 Å². The number of fused-ring (bicyclic) bond motifs is 1. The summed E-state index contributed by atoms with van der Waals surface area (Å²) in [5.74, 6) is -0.00849. The summed E-state index contributed by atoms with van der Waals surface area (Å²) in [5.41, 5.74) is 2.95. The minimum absolute atomic E-state index is 0.0986. The van der Waals surface area contributed by atoms with Crippen molar-refractivity contribution >= 4 is 28.5 Å². The van der Waals surface area contributed by atoms with Crippen LogP contribution in [-0.4, -0.2) is 45.2 Å². The Hall–Kier alpha value is -3.94. The third-order valence-corrected chi connectivity index (χ3v) is 4.38. The Bertz CT molecular complexity index is 1160. The molecule has 3 heterocycles. The zero-order valence-electron chi connectivity index (χ0n) is 15.2. The standard InChI is InChI=1S/C20H17N5O3/c1-25(20-22-8-6-15(24-20)14-5-3-4-7-21-14)13-9-12-10-16(19(26)27)23-18(12)17(11-13)28-2/h3-11,23H,1-2H3,(H,26,27). The van der Waals surface area contributed by atoms with Crippen LogP contribution in [0.15, 0.2) is 54.9 Å². The van der Waals surface area contributed by atoms with Crippen LogP contribution in [0.1, 0.15) is 10.5 Å². The molecule has 0 aliphatic rings. The lowest BCUT2D eigenvalue weighted by molar-refractivity contribution is 0.0691. The first-order chi connectivity index (χ1) is 13.6. The molecule has 0 fully saturated rings. The van der Waals surface area contributed by atoms with Crippen molar-refractivity contribution in [3.63, 3.8) is 0 Å². The molecule has 0 radical (unpaired) electrons. The molecule has 0 spiro atoms. The molecule has 0 aliphatic carbocycles. The Labute approximate surface area is 160 Å². The lowest BCUT2D eigenvalue weighted by Gasteiger charge is -2.18. The highest BCUT2D eigenvalue weighted by atomic mass is 16.5. The molecule has 0 saturated heterocycles. The summed E-state index contributed by atoms with van der Waals surface area (Å²) in [7, 11) is 3.38. The van der Waals surface area contributed by atoms with Gasteiger partial charge in [0.05, 0.1) is 24.0 Å². The third-order valence-electron chi connectivity index (χ3n) is 4.38. The van der Waals surface area contributed by atoms with Gasteiger partial charge in [-0.05, 0) is 30.3 Å². The number of H-pyrrole nitrogens is 1. The van der Waals surface area contributed by atoms with Crippen LogP contribution < -0.4 is 9.64 Å². The summed E-state index contributed by atoms with van der Waals surface area (Å²) in [6.07, 6.45) is 3.39. The van der Waals surface area contributed by atoms with Crippen LogP contribution in [0.5, 0.6) is 5.75 Å². The van der Waals surface area contributed by atoms with E-state index in [2.05, 4.69) is 19.9 Å². The Morgan fingerprint density at radius 2 is 1.96 bits per heavy atom. The SMILES string of the molecule is COc1cc(N(C)c2nccc(-c3ccccn3)n2)cc2cc(C(=O)O)[nH]c12. The Morgan fingerprint density at radius 3 is 2.68 bits per heavy atom. The Morgan fingerprint density at radius 1 is 1.11 bits per heavy atom. The highest BCUT2D eigenvalue weighted by Crippen LogP contribution is 2.33. The number of benzene rings is 1. The smallest absolute Gasteiger partial charge is 0.352 e. The summed E-state index contributed by atoms with van der Waals surface area (Å²) in [6, 6.07) is 12.7. The number of methoxy groups -OCH3 is 1. The number of nitrogens with one attached hydrogen (secondary N) is 1. The zero-order chi connectivity index (χ0) is 19.7. The van der Waals surface area contributed by atoms with Crippen molar-refractivity contribution in [2.45, 2.75) is 0 Å². The van der Waals surface area contributed by atoms with Crippen molar-refractivity contribution in [1.82, 2.24) is 19.9 Å². The first-order valence-electron chi connectivity index (χ1n) is 8.49. The van der Waals surface area contributed by atoms with Crippen LogP contribution in [0, 0.1) is 0 Å². The van der Waals surface area contributed by atoms with Crippen LogP contribution in [0.2, 0.25) is 0 Å². The Kier molecular flexibility index (Phi) is 4.36. The number of nitrogens with zero attached hydrogens (tertiary/aromatic N) is 4. The molecular weight excluding hydrogens is 358 g/mol. The van der Waals surface area contributed by atoms with Gasteiger partial charge >= 0.3 is 5.97 Å². The van der Waals surface area contributed by atoms with Crippen molar-refractivity contribution in [2.24, 2.45) is 0 Å². The second-order valence-electron chi connectivity index (χ2n) is 6.12. The maximum Gasteiger partial charge on any atom is 0.352 e. The van der Waals surface area contributed by atoms with E-state index in [1.807, 2.05) is 36.2 Å². The van der Waals surface area contributed by atoms with Crippen molar-refractivity contribution in [1.29, 1.82) is 0 Å². The van der Waals surface area contributed by atoms with Gasteiger partial charge in [-0.3, -0.25) is 4.98 Å². The highest BCUT2D eigenvalue weighted by Gasteiger charge is 2.16. The van der Waals surface area contributed by atoms with Crippen molar-refractivity contribution in [2.75, 3.05) is 19.1 Å². The molecule has 0 saturated carbocycles. The van der Waals surface area contributed by atoms with Gasteiger partial charge in [-0.15, -0.1) is 0 Å². The molecule has 0 amide bonds. The highest BCUT2D eigenvalue weighted by molar-refractivity contribution is 5.97. The van der Waals surface area contributed by atoms with Gasteiger partial charge in [0.2, 0.25) is 5.95 Å². The van der Waals surface area contributed by atoms with E-state index >= 15 is 0 Å². The first kappa shape index (κ1) is 17.5. The van der Waals surface area contributed by atoms with Crippen molar-refractivity contribution < 1.29 is 14.6 Å². The van der Waals surface area contributed by atoms with E-state index in [0.29, 0.717) is 22.9 Å². The van der Waals surface area contributed by atoms with Crippen LogP contribution in [0.3, 0.4) is 0 Å². The van der Waals surface area contributed by atoms with Crippen molar-refractivity contribution in [3.05, 3.63) is 60.6 Å². The summed E-state index contributed by atoms with van der Waals surface area (Å²) < 4.78 is 5.44. The summed E-state index contributed by atoms with van der Waals surface area (Å²) in [4.78, 5) is 29.2. The fourth-order valence-corrected chi connectivity index (χ4v) is 2.95. The molecular formula is C20H17N5O3. The molecule has 3 aromatic heterocycles. The molecule has 0 bridgehead atoms. The number of rotatable bonds is 5. The van der Waals surface area contributed by atoms with E-state index in [-0.39, 0.29) is 5.69 Å². The maximum absolute atomic E-state index is 11.3. The van der Waals surface area contributed by atoms with Crippen molar-refractivity contribution in [3.8, 4) is 17.1 Å². The average molecular weight is 375 g/mol. The minimum atomic E-state index is -1.03. The number of ether oxygens (including phenoxy) is 1. The lowest BCUT2D eigenvalue weighted by Crippen LogP contribution is -2.13. The number of hydrogen-bond acceptors (Lipinski definition) is 6. The molecule has 1 aromatic carbocycles. The van der Waals surface area contributed by atoms with E-state index in [4.69, 9.17) is 4.74 Å². The van der Waals surface area contributed by atoms with Gasteiger partial charge in [0, 0.05) is 36.6 Å². The monoisotopic (exact) mass is 375 g/mol. The first-order valence-corrected chi connectivity index (χ1v) is 8.49. The topological polar surface area (TPSA) is 104 Å². The molecule has 0 aliphatic heterocycles. The van der Waals surface area contributed by atoms with E-state index in [9.17, 15) is 9.90 Å². The average Bonchev–Trinajstić information content (AvgIpc) is 3.18. The second-order valence-corrected chi connectivity index (χ2v) is 6.12. The molecule has 8 heteroatoms. The molecule has 0 atom stereocenters. The zero-order valence-corrected chi connectivity index (χ0v) is 15.2. The van der Waals surface area contributed by atoms with Crippen LogP contribution >= 0.6 is 0 Å². The normalized spacial score (nSPS) is 10.8. The number of carboxylic acids is 1. The van der Waals surface area contributed by atoms with Gasteiger partial charge in [0.1, 0.15) is 11.4 Å². The van der Waals surface area contributed by atoms with Gasteiger partial charge in [0.25, 0.3) is 0 Å². The summed E-state index contributed by atoms with van der Waals surface area (Å²) >= 11 is 0. The number of carbonyl (C=O) groups is 1. The molecule has 8 nitrogen and oxygen atoms in total. The number of hydrogen-bond donors (Lipinski definition) is 2. The molecule has 28 heavy (non-hydrogen) atoms. The number of aromatic carboxylic acids is 1. The van der Waals surface area contributed by atoms with E-state index < -0.39 is 5.97 Å². The third kappa shape index (κ3) is 3.11. The van der Waals surface area contributed by atoms with Crippen LogP contribution in [0.25, 0.3) is 22.3 Å². The minimum Gasteiger partial charge on any atom is -0.494 e. The molecule has 0 unspecified atom stereocenters. The predicted octanol–water partition coefficient (Wildman–Crippen LogP) is 3.49. The number of carboxylic acid groups (broad SMARTS) is 1. The Balaban J connectivity index is 1.76. The fourth-order valence-electron chi connectivity index (χ4n) is 2.95. The number of anilines is 2. The van der Waals surface area contributed by atoms with Gasteiger partial charge in [-0.1, -0.05) is 6.07 Å². The van der Waals surface area contributed by atoms with E-state index in [1.165, 1.54) is 7.11 Å². The number of aromatic amines is 1. The van der Waals surface area contributed by atoms with Gasteiger partial charge < -0.3 is 19.7 Å². The summed E-state index contributed by atoms with van der Waals surface area (Å²) in [6.45, 7) is 0. The van der Waals surface area contributed by atoms with Gasteiger partial charge in [0.15, 0.2) is 0 Å². The van der Waals surface area contributed by atoms with E-state index in [1.54, 1.807) is 30.6 Å². The largest absolute Gasteiger partial charge is 0.494 e. The maximum atomic E-state index is 11.3.